The van der Waals surface area contributed by atoms with Gasteiger partial charge in [0, 0.05) is 4.90 Å². The zero-order valence-electron chi connectivity index (χ0n) is 10.5. The highest BCUT2D eigenvalue weighted by Gasteiger charge is 2.15. The number of nitrogens with zero attached hydrogens (tertiary/aromatic N) is 2. The van der Waals surface area contributed by atoms with E-state index in [0.717, 1.165) is 10.1 Å². The zero-order chi connectivity index (χ0) is 13.2. The molecule has 102 valence electrons. The molecule has 0 aliphatic rings. The molecule has 2 nitrogen and oxygen atoms in total. The van der Waals surface area contributed by atoms with Crippen molar-refractivity contribution < 1.29 is 28.6 Å². The van der Waals surface area contributed by atoms with E-state index in [1.807, 2.05) is 49.8 Å². The van der Waals surface area contributed by atoms with E-state index in [1.165, 1.54) is 0 Å². The molecule has 0 fully saturated rings. The van der Waals surface area contributed by atoms with Crippen LogP contribution in [-0.2, 0) is 0 Å². The van der Waals surface area contributed by atoms with Crippen molar-refractivity contribution in [3.8, 4) is 0 Å². The molecular weight excluding hydrogens is 425 g/mol. The molecule has 0 heterocycles. The van der Waals surface area contributed by atoms with Gasteiger partial charge in [-0.3, -0.25) is 9.48 Å². The lowest BCUT2D eigenvalue weighted by Gasteiger charge is -2.11. The first kappa shape index (κ1) is 18.6. The summed E-state index contributed by atoms with van der Waals surface area (Å²) < 4.78 is 2.03. The van der Waals surface area contributed by atoms with Crippen molar-refractivity contribution in [2.24, 2.45) is 0 Å². The van der Waals surface area contributed by atoms with Crippen LogP contribution in [-0.4, -0.2) is 42.8 Å². The summed E-state index contributed by atoms with van der Waals surface area (Å²) in [5.74, 6) is 0. The van der Waals surface area contributed by atoms with Gasteiger partial charge >= 0.3 is 5.17 Å². The minimum Gasteiger partial charge on any atom is -1.00 e. The molecule has 7 heteroatoms. The summed E-state index contributed by atoms with van der Waals surface area (Å²) in [7, 11) is 7.95. The van der Waals surface area contributed by atoms with Gasteiger partial charge in [-0.05, 0) is 23.9 Å². The van der Waals surface area contributed by atoms with Crippen LogP contribution in [0.25, 0.3) is 0 Å². The van der Waals surface area contributed by atoms with Crippen molar-refractivity contribution in [3.63, 3.8) is 0 Å². The standard InChI is InChI=1S/C11H14Cl3N2S.HI/c1-15(2)11(16(3)4)17-7-5-8(12)10(14)9(13)6-7;/h5-6H,1-4H3;1H/q+1;/p-1. The van der Waals surface area contributed by atoms with E-state index >= 15 is 0 Å². The molecule has 1 rings (SSSR count). The van der Waals surface area contributed by atoms with Crippen LogP contribution in [0.15, 0.2) is 17.0 Å². The summed E-state index contributed by atoms with van der Waals surface area (Å²) in [6, 6.07) is 3.63. The van der Waals surface area contributed by atoms with Crippen LogP contribution in [0.2, 0.25) is 15.1 Å². The Labute approximate surface area is 144 Å². The van der Waals surface area contributed by atoms with Crippen molar-refractivity contribution in [2.45, 2.75) is 4.90 Å². The molecule has 0 aliphatic heterocycles. The predicted molar refractivity (Wildman–Crippen MR) is 78.1 cm³/mol. The summed E-state index contributed by atoms with van der Waals surface area (Å²) in [5, 5.41) is 2.42. The van der Waals surface area contributed by atoms with Crippen molar-refractivity contribution in [1.29, 1.82) is 0 Å². The fourth-order valence-corrected chi connectivity index (χ4v) is 2.93. The normalized spacial score (nSPS) is 9.72. The Hall–Kier alpha value is 0.640. The number of hydrogen-bond acceptors (Lipinski definition) is 1. The summed E-state index contributed by atoms with van der Waals surface area (Å²) in [5.41, 5.74) is 0. The Morgan fingerprint density at radius 3 is 1.89 bits per heavy atom. The highest BCUT2D eigenvalue weighted by Crippen LogP contribution is 2.35. The number of thioether (sulfide) groups is 1. The Kier molecular flexibility index (Phi) is 8.33. The summed E-state index contributed by atoms with van der Waals surface area (Å²) in [6.45, 7) is 0. The average Bonchev–Trinajstić information content (AvgIpc) is 2.21. The predicted octanol–water partition coefficient (Wildman–Crippen LogP) is 0.933. The lowest BCUT2D eigenvalue weighted by Crippen LogP contribution is -3.00. The molecule has 1 aromatic carbocycles. The summed E-state index contributed by atoms with van der Waals surface area (Å²) >= 11 is 19.5. The molecule has 0 radical (unpaired) electrons. The van der Waals surface area contributed by atoms with E-state index in [9.17, 15) is 0 Å². The van der Waals surface area contributed by atoms with Crippen molar-refractivity contribution in [2.75, 3.05) is 28.2 Å². The first-order valence-electron chi connectivity index (χ1n) is 4.87. The van der Waals surface area contributed by atoms with E-state index in [4.69, 9.17) is 34.8 Å². The molecule has 0 spiro atoms. The highest BCUT2D eigenvalue weighted by atomic mass is 127. The number of hydrogen-bond donors (Lipinski definition) is 0. The molecule has 0 amide bonds. The largest absolute Gasteiger partial charge is 1.00 e. The van der Waals surface area contributed by atoms with Crippen molar-refractivity contribution >= 4 is 51.7 Å². The maximum absolute atomic E-state index is 6.00. The summed E-state index contributed by atoms with van der Waals surface area (Å²) in [4.78, 5) is 2.99. The second-order valence-corrected chi connectivity index (χ2v) is 6.11. The number of benzene rings is 1. The summed E-state index contributed by atoms with van der Waals surface area (Å²) in [6.07, 6.45) is 0. The van der Waals surface area contributed by atoms with Gasteiger partial charge in [-0.15, -0.1) is 0 Å². The molecule has 0 N–H and O–H groups in total. The first-order chi connectivity index (χ1) is 7.82. The Morgan fingerprint density at radius 2 is 1.56 bits per heavy atom. The van der Waals surface area contributed by atoms with E-state index in [-0.39, 0.29) is 24.0 Å². The van der Waals surface area contributed by atoms with Gasteiger partial charge in [-0.25, -0.2) is 0 Å². The van der Waals surface area contributed by atoms with Gasteiger partial charge in [0.1, 0.15) is 0 Å². The molecule has 0 aromatic heterocycles. The Morgan fingerprint density at radius 1 is 1.11 bits per heavy atom. The molecule has 1 aromatic rings. The number of halogens is 4. The molecule has 0 atom stereocenters. The lowest BCUT2D eigenvalue weighted by atomic mass is 10.4. The first-order valence-corrected chi connectivity index (χ1v) is 6.82. The van der Waals surface area contributed by atoms with Crippen molar-refractivity contribution in [3.05, 3.63) is 27.2 Å². The van der Waals surface area contributed by atoms with Crippen LogP contribution in [0.5, 0.6) is 0 Å². The van der Waals surface area contributed by atoms with Gasteiger partial charge < -0.3 is 24.0 Å². The second-order valence-electron chi connectivity index (χ2n) is 3.87. The minimum atomic E-state index is 0. The van der Waals surface area contributed by atoms with Gasteiger partial charge in [-0.2, -0.15) is 0 Å². The van der Waals surface area contributed by atoms with E-state index in [1.54, 1.807) is 11.8 Å². The maximum atomic E-state index is 6.00. The highest BCUT2D eigenvalue weighted by molar-refractivity contribution is 8.13. The maximum Gasteiger partial charge on any atom is 0.312 e. The monoisotopic (exact) mass is 438 g/mol. The minimum absolute atomic E-state index is 0. The van der Waals surface area contributed by atoms with E-state index in [2.05, 4.69) is 0 Å². The second kappa shape index (κ2) is 8.04. The molecule has 18 heavy (non-hydrogen) atoms. The van der Waals surface area contributed by atoms with Gasteiger partial charge in [0.15, 0.2) is 0 Å². The van der Waals surface area contributed by atoms with Crippen LogP contribution < -0.4 is 24.0 Å². The molecule has 0 saturated carbocycles. The van der Waals surface area contributed by atoms with Crippen LogP contribution >= 0.6 is 46.6 Å². The van der Waals surface area contributed by atoms with Crippen LogP contribution in [0.3, 0.4) is 0 Å². The third kappa shape index (κ3) is 4.96. The van der Waals surface area contributed by atoms with E-state index in [0.29, 0.717) is 15.1 Å². The molecule has 0 bridgehead atoms. The average molecular weight is 440 g/mol. The third-order valence-electron chi connectivity index (χ3n) is 1.93. The van der Waals surface area contributed by atoms with Gasteiger partial charge in [0.25, 0.3) is 0 Å². The van der Waals surface area contributed by atoms with Gasteiger partial charge in [0.05, 0.1) is 43.3 Å². The topological polar surface area (TPSA) is 6.25 Å². The molecule has 0 saturated heterocycles. The van der Waals surface area contributed by atoms with Crippen LogP contribution in [0, 0.1) is 0 Å². The number of rotatable bonds is 1. The fourth-order valence-electron chi connectivity index (χ4n) is 1.28. The van der Waals surface area contributed by atoms with E-state index < -0.39 is 0 Å². The SMILES string of the molecule is CN(C)C(Sc1cc(Cl)c(Cl)c(Cl)c1)=[N+](C)C.[I-]. The van der Waals surface area contributed by atoms with Gasteiger partial charge in [-0.1, -0.05) is 34.8 Å². The quantitative estimate of drug-likeness (QED) is 0.160. The third-order valence-corrected chi connectivity index (χ3v) is 4.51. The smallest absolute Gasteiger partial charge is 0.312 e. The Bertz CT molecular complexity index is 437. The van der Waals surface area contributed by atoms with Gasteiger partial charge in [0.2, 0.25) is 0 Å². The van der Waals surface area contributed by atoms with Crippen molar-refractivity contribution in [1.82, 2.24) is 4.90 Å². The lowest BCUT2D eigenvalue weighted by molar-refractivity contribution is -0.466. The number of amidine groups is 1. The Balaban J connectivity index is 0.00000289. The zero-order valence-corrected chi connectivity index (χ0v) is 15.7. The molecule has 0 aliphatic carbocycles. The van der Waals surface area contributed by atoms with Crippen LogP contribution in [0.1, 0.15) is 0 Å². The molecular formula is C11H14Cl3IN2S. The van der Waals surface area contributed by atoms with Crippen LogP contribution in [0.4, 0.5) is 0 Å². The fraction of sp³-hybridized carbons (Fsp3) is 0.364. The molecule has 0 unspecified atom stereocenters.